The number of rotatable bonds is 4. The number of aliphatic hydroxyl groups excluding tert-OH is 1. The number of halogens is 3. The molecule has 1 fully saturated rings. The van der Waals surface area contributed by atoms with Gasteiger partial charge in [-0.3, -0.25) is 4.90 Å². The number of nitrogens with one attached hydrogen (secondary N) is 1. The van der Waals surface area contributed by atoms with Crippen LogP contribution in [0.1, 0.15) is 23.6 Å². The summed E-state index contributed by atoms with van der Waals surface area (Å²) in [6.07, 6.45) is -3.88. The van der Waals surface area contributed by atoms with Crippen LogP contribution < -0.4 is 5.32 Å². The van der Waals surface area contributed by atoms with E-state index in [4.69, 9.17) is 0 Å². The number of alkyl halides is 3. The van der Waals surface area contributed by atoms with Crippen LogP contribution in [0.25, 0.3) is 0 Å². The highest BCUT2D eigenvalue weighted by atomic mass is 19.4. The van der Waals surface area contributed by atoms with Gasteiger partial charge < -0.3 is 10.4 Å². The summed E-state index contributed by atoms with van der Waals surface area (Å²) in [6, 6.07) is 5.26. The lowest BCUT2D eigenvalue weighted by Gasteiger charge is -2.35. The molecule has 1 heterocycles. The zero-order chi connectivity index (χ0) is 14.6. The van der Waals surface area contributed by atoms with E-state index in [1.165, 1.54) is 12.1 Å². The van der Waals surface area contributed by atoms with Gasteiger partial charge in [0.15, 0.2) is 0 Å². The van der Waals surface area contributed by atoms with Crippen molar-refractivity contribution in [1.29, 1.82) is 0 Å². The Morgan fingerprint density at radius 1 is 1.25 bits per heavy atom. The van der Waals surface area contributed by atoms with E-state index in [1.54, 1.807) is 6.07 Å². The van der Waals surface area contributed by atoms with Crippen molar-refractivity contribution in [3.8, 4) is 0 Å². The summed E-state index contributed by atoms with van der Waals surface area (Å²) in [7, 11) is 0. The van der Waals surface area contributed by atoms with E-state index in [0.29, 0.717) is 12.0 Å². The van der Waals surface area contributed by atoms with E-state index in [2.05, 4.69) is 10.2 Å². The second kappa shape index (κ2) is 6.56. The van der Waals surface area contributed by atoms with Crippen molar-refractivity contribution in [3.05, 3.63) is 35.4 Å². The quantitative estimate of drug-likeness (QED) is 0.890. The van der Waals surface area contributed by atoms with Gasteiger partial charge in [0.25, 0.3) is 0 Å². The SMILES string of the molecule is OCC[C@H](c1cccc(C(F)(F)F)c1)N1CCNCC1. The predicted octanol–water partition coefficient (Wildman–Crippen LogP) is 2.03. The minimum absolute atomic E-state index is 0.0369. The van der Waals surface area contributed by atoms with E-state index in [1.807, 2.05) is 0 Å². The van der Waals surface area contributed by atoms with Crippen molar-refractivity contribution < 1.29 is 18.3 Å². The molecule has 1 aliphatic heterocycles. The molecule has 1 atom stereocenters. The van der Waals surface area contributed by atoms with Crippen LogP contribution in [0.2, 0.25) is 0 Å². The van der Waals surface area contributed by atoms with Crippen LogP contribution in [0, 0.1) is 0 Å². The molecule has 20 heavy (non-hydrogen) atoms. The molecule has 6 heteroatoms. The Kier molecular flexibility index (Phi) is 5.01. The van der Waals surface area contributed by atoms with E-state index in [0.717, 1.165) is 32.2 Å². The Hall–Kier alpha value is -1.11. The summed E-state index contributed by atoms with van der Waals surface area (Å²) in [5.74, 6) is 0. The van der Waals surface area contributed by atoms with Crippen molar-refractivity contribution >= 4 is 0 Å². The largest absolute Gasteiger partial charge is 0.416 e. The van der Waals surface area contributed by atoms with Gasteiger partial charge in [0.1, 0.15) is 0 Å². The van der Waals surface area contributed by atoms with Gasteiger partial charge in [0, 0.05) is 38.8 Å². The number of hydrogen-bond donors (Lipinski definition) is 2. The van der Waals surface area contributed by atoms with Crippen LogP contribution in [0.15, 0.2) is 24.3 Å². The van der Waals surface area contributed by atoms with Crippen LogP contribution in [0.4, 0.5) is 13.2 Å². The molecule has 112 valence electrons. The molecule has 1 aromatic rings. The summed E-state index contributed by atoms with van der Waals surface area (Å²) in [5.41, 5.74) is -0.0103. The van der Waals surface area contributed by atoms with Crippen molar-refractivity contribution in [2.75, 3.05) is 32.8 Å². The second-order valence-corrected chi connectivity index (χ2v) is 4.94. The zero-order valence-corrected chi connectivity index (χ0v) is 11.2. The fourth-order valence-electron chi connectivity index (χ4n) is 2.60. The second-order valence-electron chi connectivity index (χ2n) is 4.94. The summed E-state index contributed by atoms with van der Waals surface area (Å²) in [6.45, 7) is 3.16. The van der Waals surface area contributed by atoms with Crippen LogP contribution in [-0.4, -0.2) is 42.8 Å². The number of hydrogen-bond acceptors (Lipinski definition) is 3. The topological polar surface area (TPSA) is 35.5 Å². The van der Waals surface area contributed by atoms with Crippen molar-refractivity contribution in [2.45, 2.75) is 18.6 Å². The average Bonchev–Trinajstić information content (AvgIpc) is 2.45. The van der Waals surface area contributed by atoms with Crippen molar-refractivity contribution in [3.63, 3.8) is 0 Å². The van der Waals surface area contributed by atoms with Gasteiger partial charge >= 0.3 is 6.18 Å². The molecule has 2 rings (SSSR count). The molecule has 1 saturated heterocycles. The Labute approximate surface area is 116 Å². The Balaban J connectivity index is 2.24. The maximum atomic E-state index is 12.8. The highest BCUT2D eigenvalue weighted by Crippen LogP contribution is 2.32. The summed E-state index contributed by atoms with van der Waals surface area (Å²) in [5, 5.41) is 12.4. The minimum Gasteiger partial charge on any atom is -0.396 e. The first kappa shape index (κ1) is 15.3. The highest BCUT2D eigenvalue weighted by molar-refractivity contribution is 5.28. The highest BCUT2D eigenvalue weighted by Gasteiger charge is 2.31. The molecule has 0 bridgehead atoms. The molecule has 0 aromatic heterocycles. The molecular formula is C14H19F3N2O. The van der Waals surface area contributed by atoms with E-state index in [9.17, 15) is 18.3 Å². The molecule has 3 nitrogen and oxygen atoms in total. The van der Waals surface area contributed by atoms with Crippen LogP contribution in [-0.2, 0) is 6.18 Å². The normalized spacial score (nSPS) is 19.0. The lowest BCUT2D eigenvalue weighted by atomic mass is 9.99. The molecule has 0 radical (unpaired) electrons. The molecular weight excluding hydrogens is 269 g/mol. The first-order valence-corrected chi connectivity index (χ1v) is 6.75. The predicted molar refractivity (Wildman–Crippen MR) is 70.3 cm³/mol. The third kappa shape index (κ3) is 3.71. The monoisotopic (exact) mass is 288 g/mol. The lowest BCUT2D eigenvalue weighted by molar-refractivity contribution is -0.137. The van der Waals surface area contributed by atoms with E-state index >= 15 is 0 Å². The molecule has 0 amide bonds. The number of nitrogens with zero attached hydrogens (tertiary/aromatic N) is 1. The first-order valence-electron chi connectivity index (χ1n) is 6.75. The average molecular weight is 288 g/mol. The van der Waals surface area contributed by atoms with Crippen molar-refractivity contribution in [1.82, 2.24) is 10.2 Å². The van der Waals surface area contributed by atoms with E-state index in [-0.39, 0.29) is 12.6 Å². The lowest BCUT2D eigenvalue weighted by Crippen LogP contribution is -2.45. The third-order valence-electron chi connectivity index (χ3n) is 3.59. The minimum atomic E-state index is -4.33. The molecule has 1 aliphatic rings. The van der Waals surface area contributed by atoms with Crippen LogP contribution in [0.5, 0.6) is 0 Å². The molecule has 0 aliphatic carbocycles. The van der Waals surface area contributed by atoms with Gasteiger partial charge in [0.2, 0.25) is 0 Å². The molecule has 2 N–H and O–H groups in total. The summed E-state index contributed by atoms with van der Waals surface area (Å²) >= 11 is 0. The van der Waals surface area contributed by atoms with Gasteiger partial charge in [-0.05, 0) is 24.1 Å². The molecule has 0 saturated carbocycles. The standard InChI is InChI=1S/C14H19F3N2O/c15-14(16,17)12-3-1-2-11(10-12)13(4-9-20)19-7-5-18-6-8-19/h1-3,10,13,18,20H,4-9H2/t13-/m1/s1. The fraction of sp³-hybridized carbons (Fsp3) is 0.571. The van der Waals surface area contributed by atoms with Crippen molar-refractivity contribution in [2.24, 2.45) is 0 Å². The molecule has 0 unspecified atom stereocenters. The van der Waals surface area contributed by atoms with Gasteiger partial charge in [-0.1, -0.05) is 12.1 Å². The number of benzene rings is 1. The summed E-state index contributed by atoms with van der Waals surface area (Å²) < 4.78 is 38.4. The Morgan fingerprint density at radius 3 is 2.55 bits per heavy atom. The van der Waals surface area contributed by atoms with E-state index < -0.39 is 11.7 Å². The Morgan fingerprint density at radius 2 is 1.95 bits per heavy atom. The third-order valence-corrected chi connectivity index (χ3v) is 3.59. The Bertz CT molecular complexity index is 431. The number of aliphatic hydroxyl groups is 1. The maximum absolute atomic E-state index is 12.8. The summed E-state index contributed by atoms with van der Waals surface area (Å²) in [4.78, 5) is 2.13. The smallest absolute Gasteiger partial charge is 0.396 e. The fourth-order valence-corrected chi connectivity index (χ4v) is 2.60. The molecule has 0 spiro atoms. The first-order chi connectivity index (χ1) is 9.52. The maximum Gasteiger partial charge on any atom is 0.416 e. The van der Waals surface area contributed by atoms with Crippen LogP contribution in [0.3, 0.4) is 0 Å². The van der Waals surface area contributed by atoms with Gasteiger partial charge in [-0.15, -0.1) is 0 Å². The zero-order valence-electron chi connectivity index (χ0n) is 11.2. The number of piperazine rings is 1. The van der Waals surface area contributed by atoms with Gasteiger partial charge in [-0.25, -0.2) is 0 Å². The van der Waals surface area contributed by atoms with Crippen LogP contribution >= 0.6 is 0 Å². The van der Waals surface area contributed by atoms with Gasteiger partial charge in [0.05, 0.1) is 5.56 Å². The molecule has 1 aromatic carbocycles. The van der Waals surface area contributed by atoms with Gasteiger partial charge in [-0.2, -0.15) is 13.2 Å².